The van der Waals surface area contributed by atoms with Crippen LogP contribution < -0.4 is 15.4 Å². The summed E-state index contributed by atoms with van der Waals surface area (Å²) in [6, 6.07) is 11.7. The molecule has 1 aromatic carbocycles. The quantitative estimate of drug-likeness (QED) is 0.218. The van der Waals surface area contributed by atoms with Crippen molar-refractivity contribution >= 4 is 41.3 Å². The van der Waals surface area contributed by atoms with Crippen LogP contribution in [0.4, 0.5) is 0 Å². The van der Waals surface area contributed by atoms with E-state index in [1.165, 1.54) is 0 Å². The zero-order chi connectivity index (χ0) is 18.0. The summed E-state index contributed by atoms with van der Waals surface area (Å²) in [5.41, 5.74) is -0.0629. The lowest BCUT2D eigenvalue weighted by Crippen LogP contribution is -2.39. The fourth-order valence-corrected chi connectivity index (χ4v) is 3.01. The highest BCUT2D eigenvalue weighted by Gasteiger charge is 2.23. The molecule has 5 nitrogen and oxygen atoms in total. The van der Waals surface area contributed by atoms with Gasteiger partial charge in [-0.3, -0.25) is 0 Å². The van der Waals surface area contributed by atoms with Crippen molar-refractivity contribution in [3.05, 3.63) is 52.7 Å². The number of nitrogens with one attached hydrogen (secondary N) is 2. The number of rotatable bonds is 9. The number of nitrogens with zero attached hydrogens (tertiary/aromatic N) is 1. The molecular formula is C19H28IN3O2S. The molecule has 0 aliphatic rings. The molecule has 7 heteroatoms. The van der Waals surface area contributed by atoms with E-state index in [9.17, 15) is 5.11 Å². The van der Waals surface area contributed by atoms with E-state index in [-0.39, 0.29) is 24.0 Å². The van der Waals surface area contributed by atoms with Crippen LogP contribution in [0.3, 0.4) is 0 Å². The summed E-state index contributed by atoms with van der Waals surface area (Å²) < 4.78 is 5.67. The number of hydrogen-bond acceptors (Lipinski definition) is 4. The molecular weight excluding hydrogens is 461 g/mol. The summed E-state index contributed by atoms with van der Waals surface area (Å²) in [6.45, 7) is 6.28. The van der Waals surface area contributed by atoms with E-state index in [2.05, 4.69) is 15.6 Å². The highest BCUT2D eigenvalue weighted by atomic mass is 127. The first-order chi connectivity index (χ1) is 12.1. The molecule has 0 bridgehead atoms. The molecule has 2 rings (SSSR count). The van der Waals surface area contributed by atoms with Crippen LogP contribution in [-0.4, -0.2) is 37.3 Å². The number of aliphatic hydroxyl groups is 1. The van der Waals surface area contributed by atoms with E-state index >= 15 is 0 Å². The van der Waals surface area contributed by atoms with E-state index in [4.69, 9.17) is 4.74 Å². The molecule has 3 N–H and O–H groups in total. The van der Waals surface area contributed by atoms with Gasteiger partial charge in [0.15, 0.2) is 5.96 Å². The number of thiophene rings is 1. The van der Waals surface area contributed by atoms with E-state index < -0.39 is 5.60 Å². The smallest absolute Gasteiger partial charge is 0.191 e. The molecule has 0 radical (unpaired) electrons. The Morgan fingerprint density at radius 1 is 1.23 bits per heavy atom. The van der Waals surface area contributed by atoms with Crippen LogP contribution in [-0.2, 0) is 5.60 Å². The molecule has 0 spiro atoms. The predicted octanol–water partition coefficient (Wildman–Crippen LogP) is 3.60. The Balaban J connectivity index is 0.00000338. The minimum Gasteiger partial charge on any atom is -0.494 e. The van der Waals surface area contributed by atoms with Gasteiger partial charge in [0.2, 0.25) is 0 Å². The van der Waals surface area contributed by atoms with E-state index in [0.717, 1.165) is 30.8 Å². The van der Waals surface area contributed by atoms with E-state index in [1.807, 2.05) is 54.1 Å². The monoisotopic (exact) mass is 489 g/mol. The van der Waals surface area contributed by atoms with Gasteiger partial charge in [-0.2, -0.15) is 11.3 Å². The Kier molecular flexibility index (Phi) is 10.6. The van der Waals surface area contributed by atoms with Crippen LogP contribution in [0.2, 0.25) is 0 Å². The first-order valence-corrected chi connectivity index (χ1v) is 9.51. The van der Waals surface area contributed by atoms with Crippen molar-refractivity contribution in [3.8, 4) is 5.75 Å². The topological polar surface area (TPSA) is 65.9 Å². The molecule has 1 unspecified atom stereocenters. The number of halogens is 1. The second kappa shape index (κ2) is 12.1. The maximum absolute atomic E-state index is 10.6. The van der Waals surface area contributed by atoms with Gasteiger partial charge < -0.3 is 20.5 Å². The lowest BCUT2D eigenvalue weighted by molar-refractivity contribution is 0.0677. The van der Waals surface area contributed by atoms with Gasteiger partial charge in [-0.15, -0.1) is 24.0 Å². The van der Waals surface area contributed by atoms with Gasteiger partial charge in [-0.05, 0) is 54.8 Å². The summed E-state index contributed by atoms with van der Waals surface area (Å²) >= 11 is 1.57. The predicted molar refractivity (Wildman–Crippen MR) is 120 cm³/mol. The largest absolute Gasteiger partial charge is 0.494 e. The SMILES string of the molecule is CCNC(=NCC(C)(O)c1ccsc1)NCCCOc1ccccc1.I. The number of ether oxygens (including phenoxy) is 1. The van der Waals surface area contributed by atoms with Gasteiger partial charge in [-0.1, -0.05) is 18.2 Å². The molecule has 0 amide bonds. The Hall–Kier alpha value is -1.32. The van der Waals surface area contributed by atoms with Crippen molar-refractivity contribution in [2.75, 3.05) is 26.2 Å². The van der Waals surface area contributed by atoms with Crippen molar-refractivity contribution in [1.29, 1.82) is 0 Å². The van der Waals surface area contributed by atoms with Crippen LogP contribution in [0.15, 0.2) is 52.2 Å². The van der Waals surface area contributed by atoms with Crippen LogP contribution in [0, 0.1) is 0 Å². The summed E-state index contributed by atoms with van der Waals surface area (Å²) in [4.78, 5) is 4.51. The number of hydrogen-bond donors (Lipinski definition) is 3. The molecule has 0 saturated carbocycles. The molecule has 0 aliphatic carbocycles. The summed E-state index contributed by atoms with van der Waals surface area (Å²) in [5.74, 6) is 1.59. The Morgan fingerprint density at radius 3 is 2.65 bits per heavy atom. The van der Waals surface area contributed by atoms with Gasteiger partial charge in [0.1, 0.15) is 11.4 Å². The summed E-state index contributed by atoms with van der Waals surface area (Å²) in [5, 5.41) is 20.9. The average molecular weight is 489 g/mol. The molecule has 144 valence electrons. The Labute approximate surface area is 176 Å². The molecule has 2 aromatic rings. The second-order valence-corrected chi connectivity index (χ2v) is 6.70. The van der Waals surface area contributed by atoms with Crippen LogP contribution >= 0.6 is 35.3 Å². The minimum atomic E-state index is -0.960. The third kappa shape index (κ3) is 7.92. The van der Waals surface area contributed by atoms with Gasteiger partial charge >= 0.3 is 0 Å². The summed E-state index contributed by atoms with van der Waals surface area (Å²) in [7, 11) is 0. The highest BCUT2D eigenvalue weighted by Crippen LogP contribution is 2.23. The van der Waals surface area contributed by atoms with Crippen molar-refractivity contribution in [3.63, 3.8) is 0 Å². The molecule has 0 aliphatic heterocycles. The maximum atomic E-state index is 10.6. The first kappa shape index (κ1) is 22.7. The van der Waals surface area contributed by atoms with Crippen molar-refractivity contribution < 1.29 is 9.84 Å². The highest BCUT2D eigenvalue weighted by molar-refractivity contribution is 14.0. The Bertz CT molecular complexity index is 633. The lowest BCUT2D eigenvalue weighted by Gasteiger charge is -2.21. The van der Waals surface area contributed by atoms with Crippen LogP contribution in [0.25, 0.3) is 0 Å². The van der Waals surface area contributed by atoms with Crippen LogP contribution in [0.1, 0.15) is 25.8 Å². The average Bonchev–Trinajstić information content (AvgIpc) is 3.16. The van der Waals surface area contributed by atoms with Gasteiger partial charge in [0, 0.05) is 13.1 Å². The maximum Gasteiger partial charge on any atom is 0.191 e. The van der Waals surface area contributed by atoms with Gasteiger partial charge in [0.25, 0.3) is 0 Å². The number of aliphatic imine (C=N–C) groups is 1. The third-order valence-corrected chi connectivity index (χ3v) is 4.34. The Morgan fingerprint density at radius 2 is 2.00 bits per heavy atom. The molecule has 1 aromatic heterocycles. The van der Waals surface area contributed by atoms with E-state index in [1.54, 1.807) is 18.3 Å². The third-order valence-electron chi connectivity index (χ3n) is 3.66. The number of guanidine groups is 1. The minimum absolute atomic E-state index is 0. The lowest BCUT2D eigenvalue weighted by atomic mass is 10.00. The van der Waals surface area contributed by atoms with Crippen molar-refractivity contribution in [2.45, 2.75) is 25.9 Å². The zero-order valence-electron chi connectivity index (χ0n) is 15.3. The van der Waals surface area contributed by atoms with Crippen molar-refractivity contribution in [2.24, 2.45) is 4.99 Å². The second-order valence-electron chi connectivity index (χ2n) is 5.92. The molecule has 0 saturated heterocycles. The number of para-hydroxylation sites is 1. The molecule has 0 fully saturated rings. The van der Waals surface area contributed by atoms with Crippen LogP contribution in [0.5, 0.6) is 5.75 Å². The standard InChI is InChI=1S/C19H27N3O2S.HI/c1-3-20-18(22-15-19(2,23)16-10-13-25-14-16)21-11-7-12-24-17-8-5-4-6-9-17;/h4-6,8-10,13-14,23H,3,7,11-12,15H2,1-2H3,(H2,20,21,22);1H. The normalized spacial score (nSPS) is 13.4. The van der Waals surface area contributed by atoms with Crippen molar-refractivity contribution in [1.82, 2.24) is 10.6 Å². The fourth-order valence-electron chi connectivity index (χ4n) is 2.22. The number of benzene rings is 1. The zero-order valence-corrected chi connectivity index (χ0v) is 18.4. The fraction of sp³-hybridized carbons (Fsp3) is 0.421. The molecule has 1 atom stereocenters. The molecule has 26 heavy (non-hydrogen) atoms. The molecule has 1 heterocycles. The summed E-state index contributed by atoms with van der Waals surface area (Å²) in [6.07, 6.45) is 0.861. The first-order valence-electron chi connectivity index (χ1n) is 8.57. The van der Waals surface area contributed by atoms with E-state index in [0.29, 0.717) is 19.1 Å². The van der Waals surface area contributed by atoms with Gasteiger partial charge in [-0.25, -0.2) is 4.99 Å². The van der Waals surface area contributed by atoms with Gasteiger partial charge in [0.05, 0.1) is 13.2 Å².